The fraction of sp³-hybridized carbons (Fsp3) is 0.571. The topological polar surface area (TPSA) is 73.6 Å². The Morgan fingerprint density at radius 1 is 1.30 bits per heavy atom. The first-order valence-electron chi connectivity index (χ1n) is 9.76. The first-order valence-corrected chi connectivity index (χ1v) is 9.76. The van der Waals surface area contributed by atoms with Gasteiger partial charge in [-0.05, 0) is 30.5 Å². The molecule has 1 aromatic rings. The van der Waals surface area contributed by atoms with E-state index in [4.69, 9.17) is 10.00 Å². The van der Waals surface area contributed by atoms with Gasteiger partial charge in [-0.15, -0.1) is 0 Å². The molecule has 6 nitrogen and oxygen atoms in total. The average molecular weight is 369 g/mol. The standard InChI is InChI=1S/C21H27N3O3/c1-3-18(4-2)19(25)23-10-8-21(9-11-23)15-24(20(26)27-21)14-17-7-5-6-16(12-17)13-22/h5-7,12,18H,3-4,8-11,14-15H2,1-2H3. The van der Waals surface area contributed by atoms with Crippen LogP contribution in [0.5, 0.6) is 0 Å². The molecule has 1 spiro atoms. The highest BCUT2D eigenvalue weighted by Crippen LogP contribution is 2.34. The number of nitrogens with zero attached hydrogens (tertiary/aromatic N) is 3. The van der Waals surface area contributed by atoms with E-state index < -0.39 is 5.60 Å². The van der Waals surface area contributed by atoms with Crippen molar-refractivity contribution in [2.75, 3.05) is 19.6 Å². The molecule has 1 aromatic carbocycles. The Morgan fingerprint density at radius 3 is 2.63 bits per heavy atom. The number of hydrogen-bond donors (Lipinski definition) is 0. The number of carbonyl (C=O) groups is 2. The smallest absolute Gasteiger partial charge is 0.410 e. The summed E-state index contributed by atoms with van der Waals surface area (Å²) in [4.78, 5) is 28.6. The van der Waals surface area contributed by atoms with Crippen molar-refractivity contribution in [2.45, 2.75) is 51.7 Å². The molecule has 0 aliphatic carbocycles. The molecule has 0 bridgehead atoms. The summed E-state index contributed by atoms with van der Waals surface area (Å²) < 4.78 is 5.76. The van der Waals surface area contributed by atoms with Crippen molar-refractivity contribution in [1.29, 1.82) is 5.26 Å². The monoisotopic (exact) mass is 369 g/mol. The van der Waals surface area contributed by atoms with Crippen LogP contribution in [0.2, 0.25) is 0 Å². The third kappa shape index (κ3) is 4.08. The molecule has 0 unspecified atom stereocenters. The summed E-state index contributed by atoms with van der Waals surface area (Å²) in [5.74, 6) is 0.318. The molecule has 0 atom stereocenters. The fourth-order valence-electron chi connectivity index (χ4n) is 4.07. The van der Waals surface area contributed by atoms with Gasteiger partial charge in [0.15, 0.2) is 0 Å². The molecule has 2 aliphatic rings. The Balaban J connectivity index is 1.60. The summed E-state index contributed by atoms with van der Waals surface area (Å²) in [5, 5.41) is 9.03. The number of ether oxygens (including phenoxy) is 1. The lowest BCUT2D eigenvalue weighted by Gasteiger charge is -2.38. The lowest BCUT2D eigenvalue weighted by Crippen LogP contribution is -2.50. The van der Waals surface area contributed by atoms with E-state index in [1.54, 1.807) is 17.0 Å². The normalized spacial score (nSPS) is 18.7. The predicted molar refractivity (Wildman–Crippen MR) is 101 cm³/mol. The maximum absolute atomic E-state index is 12.6. The van der Waals surface area contributed by atoms with E-state index in [1.807, 2.05) is 17.0 Å². The van der Waals surface area contributed by atoms with Crippen LogP contribution < -0.4 is 0 Å². The summed E-state index contributed by atoms with van der Waals surface area (Å²) in [7, 11) is 0. The van der Waals surface area contributed by atoms with Crippen molar-refractivity contribution in [1.82, 2.24) is 9.80 Å². The van der Waals surface area contributed by atoms with Crippen molar-refractivity contribution < 1.29 is 14.3 Å². The summed E-state index contributed by atoms with van der Waals surface area (Å²) in [5.41, 5.74) is 1.02. The summed E-state index contributed by atoms with van der Waals surface area (Å²) in [6, 6.07) is 9.41. The molecule has 0 aromatic heterocycles. The molecular weight excluding hydrogens is 342 g/mol. The number of hydrogen-bond acceptors (Lipinski definition) is 4. The molecule has 0 saturated carbocycles. The van der Waals surface area contributed by atoms with Crippen LogP contribution in [-0.2, 0) is 16.1 Å². The van der Waals surface area contributed by atoms with Crippen LogP contribution in [-0.4, -0.2) is 47.0 Å². The van der Waals surface area contributed by atoms with Gasteiger partial charge in [-0.25, -0.2) is 4.79 Å². The van der Waals surface area contributed by atoms with E-state index >= 15 is 0 Å². The fourth-order valence-corrected chi connectivity index (χ4v) is 4.07. The maximum atomic E-state index is 12.6. The highest BCUT2D eigenvalue weighted by atomic mass is 16.6. The van der Waals surface area contributed by atoms with Crippen molar-refractivity contribution >= 4 is 12.0 Å². The zero-order chi connectivity index (χ0) is 19.4. The quantitative estimate of drug-likeness (QED) is 0.798. The molecule has 6 heteroatoms. The van der Waals surface area contributed by atoms with E-state index in [0.717, 1.165) is 18.4 Å². The van der Waals surface area contributed by atoms with Crippen LogP contribution in [0.25, 0.3) is 0 Å². The van der Waals surface area contributed by atoms with Crippen LogP contribution >= 0.6 is 0 Å². The van der Waals surface area contributed by atoms with Gasteiger partial charge in [-0.3, -0.25) is 9.69 Å². The van der Waals surface area contributed by atoms with E-state index in [-0.39, 0.29) is 17.9 Å². The van der Waals surface area contributed by atoms with Crippen LogP contribution in [0.1, 0.15) is 50.7 Å². The second-order valence-corrected chi connectivity index (χ2v) is 7.56. The molecule has 2 amide bonds. The lowest BCUT2D eigenvalue weighted by molar-refractivity contribution is -0.139. The van der Waals surface area contributed by atoms with Gasteiger partial charge in [-0.1, -0.05) is 26.0 Å². The number of amides is 2. The molecule has 144 valence electrons. The predicted octanol–water partition coefficient (Wildman–Crippen LogP) is 3.31. The number of likely N-dealkylation sites (tertiary alicyclic amines) is 1. The zero-order valence-corrected chi connectivity index (χ0v) is 16.1. The van der Waals surface area contributed by atoms with Gasteiger partial charge in [0.05, 0.1) is 18.2 Å². The number of rotatable bonds is 5. The lowest BCUT2D eigenvalue weighted by atomic mass is 9.90. The molecular formula is C21H27N3O3. The Hall–Kier alpha value is -2.55. The number of nitriles is 1. The minimum absolute atomic E-state index is 0.0917. The van der Waals surface area contributed by atoms with Crippen LogP contribution in [0.3, 0.4) is 0 Å². The Bertz CT molecular complexity index is 743. The third-order valence-electron chi connectivity index (χ3n) is 5.79. The summed E-state index contributed by atoms with van der Waals surface area (Å²) >= 11 is 0. The Labute approximate surface area is 160 Å². The first-order chi connectivity index (χ1) is 13.0. The molecule has 2 heterocycles. The van der Waals surface area contributed by atoms with Gasteiger partial charge < -0.3 is 9.64 Å². The van der Waals surface area contributed by atoms with Gasteiger partial charge in [-0.2, -0.15) is 5.26 Å². The zero-order valence-electron chi connectivity index (χ0n) is 16.1. The molecule has 27 heavy (non-hydrogen) atoms. The molecule has 3 rings (SSSR count). The van der Waals surface area contributed by atoms with Crippen molar-refractivity contribution in [2.24, 2.45) is 5.92 Å². The number of carbonyl (C=O) groups excluding carboxylic acids is 2. The Kier molecular flexibility index (Phi) is 5.69. The summed E-state index contributed by atoms with van der Waals surface area (Å²) in [6.45, 7) is 6.35. The number of benzene rings is 1. The minimum atomic E-state index is -0.491. The highest BCUT2D eigenvalue weighted by Gasteiger charge is 2.47. The highest BCUT2D eigenvalue weighted by molar-refractivity contribution is 5.79. The first kappa shape index (κ1) is 19.2. The van der Waals surface area contributed by atoms with Gasteiger partial charge in [0.2, 0.25) is 5.91 Å². The van der Waals surface area contributed by atoms with E-state index in [9.17, 15) is 9.59 Å². The average Bonchev–Trinajstić information content (AvgIpc) is 2.98. The Morgan fingerprint density at radius 2 is 2.00 bits per heavy atom. The molecule has 2 aliphatic heterocycles. The van der Waals surface area contributed by atoms with Gasteiger partial charge in [0.25, 0.3) is 0 Å². The van der Waals surface area contributed by atoms with Gasteiger partial charge in [0, 0.05) is 38.4 Å². The molecule has 0 N–H and O–H groups in total. The van der Waals surface area contributed by atoms with Gasteiger partial charge in [0.1, 0.15) is 5.60 Å². The second-order valence-electron chi connectivity index (χ2n) is 7.56. The SMILES string of the molecule is CCC(CC)C(=O)N1CCC2(CC1)CN(Cc1cccc(C#N)c1)C(=O)O2. The van der Waals surface area contributed by atoms with E-state index in [1.165, 1.54) is 0 Å². The van der Waals surface area contributed by atoms with Crippen molar-refractivity contribution in [3.63, 3.8) is 0 Å². The molecule has 2 fully saturated rings. The van der Waals surface area contributed by atoms with Crippen molar-refractivity contribution in [3.05, 3.63) is 35.4 Å². The largest absolute Gasteiger partial charge is 0.441 e. The maximum Gasteiger partial charge on any atom is 0.410 e. The molecule has 0 radical (unpaired) electrons. The van der Waals surface area contributed by atoms with Crippen LogP contribution in [0.4, 0.5) is 4.79 Å². The third-order valence-corrected chi connectivity index (χ3v) is 5.79. The van der Waals surface area contributed by atoms with Crippen molar-refractivity contribution in [3.8, 4) is 6.07 Å². The second kappa shape index (κ2) is 7.99. The minimum Gasteiger partial charge on any atom is -0.441 e. The number of piperidine rings is 1. The van der Waals surface area contributed by atoms with Crippen LogP contribution in [0.15, 0.2) is 24.3 Å². The van der Waals surface area contributed by atoms with E-state index in [0.29, 0.717) is 44.6 Å². The van der Waals surface area contributed by atoms with Crippen LogP contribution in [0, 0.1) is 17.2 Å². The molecule has 2 saturated heterocycles. The summed E-state index contributed by atoms with van der Waals surface area (Å²) in [6.07, 6.45) is 2.78. The van der Waals surface area contributed by atoms with E-state index in [2.05, 4.69) is 19.9 Å². The van der Waals surface area contributed by atoms with Gasteiger partial charge >= 0.3 is 6.09 Å².